The van der Waals surface area contributed by atoms with Crippen molar-refractivity contribution in [2.75, 3.05) is 0 Å². The van der Waals surface area contributed by atoms with E-state index in [1.165, 1.54) is 0 Å². The molecule has 3 aromatic heterocycles. The lowest BCUT2D eigenvalue weighted by Gasteiger charge is -2.04. The second-order valence-corrected chi connectivity index (χ2v) is 4.82. The summed E-state index contributed by atoms with van der Waals surface area (Å²) in [7, 11) is 0. The van der Waals surface area contributed by atoms with Crippen LogP contribution in [0.3, 0.4) is 0 Å². The fourth-order valence-corrected chi connectivity index (χ4v) is 2.23. The second kappa shape index (κ2) is 5.02. The summed E-state index contributed by atoms with van der Waals surface area (Å²) in [4.78, 5) is 16.6. The fraction of sp³-hybridized carbons (Fsp3) is 0.143. The van der Waals surface area contributed by atoms with E-state index in [2.05, 4.69) is 10.3 Å². The van der Waals surface area contributed by atoms with E-state index in [1.807, 2.05) is 0 Å². The highest BCUT2D eigenvalue weighted by atomic mass is 35.5. The van der Waals surface area contributed by atoms with Gasteiger partial charge >= 0.3 is 0 Å². The van der Waals surface area contributed by atoms with E-state index < -0.39 is 0 Å². The minimum Gasteiger partial charge on any atom is -0.467 e. The molecule has 0 aliphatic heterocycles. The Balaban J connectivity index is 1.90. The van der Waals surface area contributed by atoms with Gasteiger partial charge in [0.2, 0.25) is 0 Å². The first kappa shape index (κ1) is 12.7. The maximum atomic E-state index is 12.3. The molecule has 3 heterocycles. The molecule has 6 heteroatoms. The van der Waals surface area contributed by atoms with Gasteiger partial charge in [-0.05, 0) is 31.2 Å². The molecule has 0 fully saturated rings. The number of hydrogen-bond donors (Lipinski definition) is 1. The molecule has 0 aromatic carbocycles. The molecule has 0 saturated heterocycles. The van der Waals surface area contributed by atoms with Gasteiger partial charge in [-0.15, -0.1) is 0 Å². The molecular formula is C14H12ClN3O2. The number of halogens is 1. The lowest BCUT2D eigenvalue weighted by atomic mass is 10.3. The molecule has 20 heavy (non-hydrogen) atoms. The molecule has 0 spiro atoms. The highest BCUT2D eigenvalue weighted by molar-refractivity contribution is 6.30. The van der Waals surface area contributed by atoms with Crippen molar-refractivity contribution in [3.63, 3.8) is 0 Å². The molecule has 3 rings (SSSR count). The number of nitrogens with one attached hydrogen (secondary N) is 1. The van der Waals surface area contributed by atoms with Gasteiger partial charge in [-0.1, -0.05) is 11.6 Å². The summed E-state index contributed by atoms with van der Waals surface area (Å²) in [6.07, 6.45) is 3.25. The minimum absolute atomic E-state index is 0.214. The Kier molecular flexibility index (Phi) is 3.20. The highest BCUT2D eigenvalue weighted by Crippen LogP contribution is 2.16. The van der Waals surface area contributed by atoms with E-state index in [0.717, 1.165) is 0 Å². The molecule has 5 nitrogen and oxygen atoms in total. The molecule has 0 aliphatic carbocycles. The topological polar surface area (TPSA) is 59.5 Å². The van der Waals surface area contributed by atoms with Gasteiger partial charge in [0.15, 0.2) is 0 Å². The van der Waals surface area contributed by atoms with Crippen LogP contribution in [0.1, 0.15) is 21.9 Å². The van der Waals surface area contributed by atoms with Gasteiger partial charge in [0.05, 0.1) is 23.5 Å². The zero-order valence-electron chi connectivity index (χ0n) is 10.8. The largest absolute Gasteiger partial charge is 0.467 e. The van der Waals surface area contributed by atoms with Crippen molar-refractivity contribution in [2.24, 2.45) is 0 Å². The van der Waals surface area contributed by atoms with Gasteiger partial charge in [0.25, 0.3) is 5.91 Å². The number of amides is 1. The number of furan rings is 1. The Hall–Kier alpha value is -2.27. The summed E-state index contributed by atoms with van der Waals surface area (Å²) in [6, 6.07) is 7.10. The van der Waals surface area contributed by atoms with E-state index in [0.29, 0.717) is 34.4 Å². The molecule has 1 N–H and O–H groups in total. The molecular weight excluding hydrogens is 278 g/mol. The van der Waals surface area contributed by atoms with Crippen LogP contribution in [-0.2, 0) is 6.54 Å². The number of rotatable bonds is 3. The predicted octanol–water partition coefficient (Wildman–Crippen LogP) is 2.82. The number of carbonyl (C=O) groups excluding carboxylic acids is 1. The minimum atomic E-state index is -0.214. The molecule has 102 valence electrons. The van der Waals surface area contributed by atoms with Crippen molar-refractivity contribution in [2.45, 2.75) is 13.5 Å². The van der Waals surface area contributed by atoms with Crippen LogP contribution in [0.25, 0.3) is 5.65 Å². The summed E-state index contributed by atoms with van der Waals surface area (Å²) < 4.78 is 6.87. The summed E-state index contributed by atoms with van der Waals surface area (Å²) in [5.41, 5.74) is 1.83. The average molecular weight is 290 g/mol. The van der Waals surface area contributed by atoms with Crippen molar-refractivity contribution in [1.29, 1.82) is 0 Å². The Labute approximate surface area is 120 Å². The van der Waals surface area contributed by atoms with E-state index in [1.54, 1.807) is 48.0 Å². The smallest absolute Gasteiger partial charge is 0.270 e. The number of pyridine rings is 1. The second-order valence-electron chi connectivity index (χ2n) is 4.38. The summed E-state index contributed by atoms with van der Waals surface area (Å²) in [5.74, 6) is 0.483. The van der Waals surface area contributed by atoms with Crippen LogP contribution >= 0.6 is 11.6 Å². The van der Waals surface area contributed by atoms with Crippen LogP contribution < -0.4 is 5.32 Å². The Bertz CT molecular complexity index is 762. The van der Waals surface area contributed by atoms with Crippen LogP contribution in [0.2, 0.25) is 5.02 Å². The molecule has 0 aliphatic rings. The van der Waals surface area contributed by atoms with Crippen LogP contribution in [0, 0.1) is 6.92 Å². The molecule has 0 bridgehead atoms. The van der Waals surface area contributed by atoms with Gasteiger partial charge in [0, 0.05) is 6.20 Å². The van der Waals surface area contributed by atoms with Crippen molar-refractivity contribution < 1.29 is 9.21 Å². The Morgan fingerprint density at radius 2 is 2.30 bits per heavy atom. The number of aromatic nitrogens is 2. The van der Waals surface area contributed by atoms with Crippen LogP contribution in [-0.4, -0.2) is 15.3 Å². The van der Waals surface area contributed by atoms with Gasteiger partial charge in [-0.25, -0.2) is 4.98 Å². The zero-order chi connectivity index (χ0) is 14.1. The summed E-state index contributed by atoms with van der Waals surface area (Å²) in [5, 5.41) is 3.35. The first-order valence-corrected chi connectivity index (χ1v) is 6.48. The van der Waals surface area contributed by atoms with Gasteiger partial charge in [-0.2, -0.15) is 0 Å². The number of nitrogens with zero attached hydrogens (tertiary/aromatic N) is 2. The number of aryl methyl sites for hydroxylation is 1. The first-order valence-electron chi connectivity index (χ1n) is 6.10. The lowest BCUT2D eigenvalue weighted by Crippen LogP contribution is -2.24. The normalized spacial score (nSPS) is 10.9. The summed E-state index contributed by atoms with van der Waals surface area (Å²) >= 11 is 5.97. The monoisotopic (exact) mass is 289 g/mol. The SMILES string of the molecule is Cc1nc2ccc(Cl)cn2c1C(=O)NCc1ccco1. The standard InChI is InChI=1S/C14H12ClN3O2/c1-9-13(14(19)16-7-11-3-2-6-20-11)18-8-10(15)4-5-12(18)17-9/h2-6,8H,7H2,1H3,(H,16,19). The van der Waals surface area contributed by atoms with Crippen molar-refractivity contribution in [3.8, 4) is 0 Å². The van der Waals surface area contributed by atoms with Crippen LogP contribution in [0.15, 0.2) is 41.1 Å². The number of fused-ring (bicyclic) bond motifs is 1. The molecule has 0 radical (unpaired) electrons. The molecule has 1 amide bonds. The molecule has 0 unspecified atom stereocenters. The Morgan fingerprint density at radius 3 is 3.05 bits per heavy atom. The zero-order valence-corrected chi connectivity index (χ0v) is 11.5. The third kappa shape index (κ3) is 2.28. The van der Waals surface area contributed by atoms with Crippen molar-refractivity contribution in [1.82, 2.24) is 14.7 Å². The van der Waals surface area contributed by atoms with Gasteiger partial charge in [0.1, 0.15) is 17.1 Å². The van der Waals surface area contributed by atoms with Gasteiger partial charge < -0.3 is 9.73 Å². The van der Waals surface area contributed by atoms with Crippen LogP contribution in [0.5, 0.6) is 0 Å². The third-order valence-corrected chi connectivity index (χ3v) is 3.20. The van der Waals surface area contributed by atoms with E-state index in [9.17, 15) is 4.79 Å². The molecule has 0 saturated carbocycles. The fourth-order valence-electron chi connectivity index (χ4n) is 2.07. The number of imidazole rings is 1. The highest BCUT2D eigenvalue weighted by Gasteiger charge is 2.16. The summed E-state index contributed by atoms with van der Waals surface area (Å²) in [6.45, 7) is 2.13. The van der Waals surface area contributed by atoms with E-state index in [-0.39, 0.29) is 5.91 Å². The average Bonchev–Trinajstić information content (AvgIpc) is 3.02. The van der Waals surface area contributed by atoms with Crippen molar-refractivity contribution >= 4 is 23.2 Å². The molecule has 3 aromatic rings. The lowest BCUT2D eigenvalue weighted by molar-refractivity contribution is 0.0941. The molecule has 0 atom stereocenters. The maximum Gasteiger partial charge on any atom is 0.270 e. The van der Waals surface area contributed by atoms with E-state index in [4.69, 9.17) is 16.0 Å². The van der Waals surface area contributed by atoms with Crippen LogP contribution in [0.4, 0.5) is 0 Å². The van der Waals surface area contributed by atoms with E-state index >= 15 is 0 Å². The van der Waals surface area contributed by atoms with Gasteiger partial charge in [-0.3, -0.25) is 9.20 Å². The third-order valence-electron chi connectivity index (χ3n) is 2.98. The number of hydrogen-bond acceptors (Lipinski definition) is 3. The first-order chi connectivity index (χ1) is 9.65. The predicted molar refractivity (Wildman–Crippen MR) is 74.8 cm³/mol. The maximum absolute atomic E-state index is 12.3. The quantitative estimate of drug-likeness (QED) is 0.806. The number of carbonyl (C=O) groups is 1. The van der Waals surface area contributed by atoms with Crippen molar-refractivity contribution in [3.05, 3.63) is 58.9 Å². The Morgan fingerprint density at radius 1 is 1.45 bits per heavy atom.